The molecule has 1 aliphatic carbocycles. The lowest BCUT2D eigenvalue weighted by atomic mass is 9.98. The molecule has 32 heavy (non-hydrogen) atoms. The van der Waals surface area contributed by atoms with E-state index in [1.165, 1.54) is 0 Å². The monoisotopic (exact) mass is 451 g/mol. The fraction of sp³-hybridized carbons (Fsp3) is 0.318. The van der Waals surface area contributed by atoms with Crippen LogP contribution in [0.25, 0.3) is 0 Å². The van der Waals surface area contributed by atoms with E-state index in [-0.39, 0.29) is 16.8 Å². The van der Waals surface area contributed by atoms with Gasteiger partial charge in [-0.05, 0) is 55.5 Å². The molecular weight excluding hydrogens is 433 g/mol. The van der Waals surface area contributed by atoms with Crippen molar-refractivity contribution in [2.45, 2.75) is 43.6 Å². The van der Waals surface area contributed by atoms with Gasteiger partial charge in [0.05, 0.1) is 5.56 Å². The largest absolute Gasteiger partial charge is 0.416 e. The Hall–Kier alpha value is -3.30. The van der Waals surface area contributed by atoms with Crippen LogP contribution in [0.2, 0.25) is 0 Å². The van der Waals surface area contributed by atoms with Crippen molar-refractivity contribution >= 4 is 17.5 Å². The third-order valence-electron chi connectivity index (χ3n) is 5.81. The van der Waals surface area contributed by atoms with Gasteiger partial charge in [0.2, 0.25) is 5.91 Å². The second kappa shape index (κ2) is 7.68. The Morgan fingerprint density at radius 2 is 1.59 bits per heavy atom. The lowest BCUT2D eigenvalue weighted by Crippen LogP contribution is -2.51. The fourth-order valence-corrected chi connectivity index (χ4v) is 4.44. The highest BCUT2D eigenvalue weighted by Gasteiger charge is 2.53. The van der Waals surface area contributed by atoms with Gasteiger partial charge in [0, 0.05) is 11.6 Å². The smallest absolute Gasteiger partial charge is 0.368 e. The van der Waals surface area contributed by atoms with Crippen molar-refractivity contribution in [2.24, 2.45) is 10.7 Å². The summed E-state index contributed by atoms with van der Waals surface area (Å²) in [5.41, 5.74) is 3.39. The van der Waals surface area contributed by atoms with Crippen molar-refractivity contribution in [1.82, 2.24) is 4.90 Å². The Morgan fingerprint density at radius 3 is 2.09 bits per heavy atom. The van der Waals surface area contributed by atoms with Gasteiger partial charge in [-0.15, -0.1) is 0 Å². The first-order valence-corrected chi connectivity index (χ1v) is 9.88. The summed E-state index contributed by atoms with van der Waals surface area (Å²) < 4.78 is 66.4. The van der Waals surface area contributed by atoms with Crippen molar-refractivity contribution in [1.29, 1.82) is 0 Å². The predicted octanol–water partition coefficient (Wildman–Crippen LogP) is 4.11. The van der Waals surface area contributed by atoms with Crippen LogP contribution in [0.5, 0.6) is 0 Å². The van der Waals surface area contributed by atoms with Crippen LogP contribution in [0, 0.1) is 11.6 Å². The van der Waals surface area contributed by atoms with Gasteiger partial charge in [-0.2, -0.15) is 13.2 Å². The molecule has 2 aliphatic rings. The van der Waals surface area contributed by atoms with Gasteiger partial charge in [0.25, 0.3) is 5.91 Å². The number of aliphatic imine (C=N–C) groups is 1. The molecule has 2 aromatic rings. The first-order chi connectivity index (χ1) is 15.0. The number of benzene rings is 2. The summed E-state index contributed by atoms with van der Waals surface area (Å²) in [7, 11) is 0. The molecule has 2 N–H and O–H groups in total. The van der Waals surface area contributed by atoms with Crippen LogP contribution in [0.4, 0.5) is 22.0 Å². The number of halogens is 5. The first-order valence-electron chi connectivity index (χ1n) is 9.88. The van der Waals surface area contributed by atoms with Crippen molar-refractivity contribution in [3.05, 3.63) is 70.8 Å². The number of hydrogen-bond donors (Lipinski definition) is 1. The summed E-state index contributed by atoms with van der Waals surface area (Å²) in [5, 5.41) is 0. The summed E-state index contributed by atoms with van der Waals surface area (Å²) in [4.78, 5) is 31.5. The minimum atomic E-state index is -4.54. The molecule has 0 radical (unpaired) electrons. The molecule has 5 nitrogen and oxygen atoms in total. The number of nitrogens with two attached hydrogens (primary N) is 1. The lowest BCUT2D eigenvalue weighted by molar-refractivity contribution is -0.139. The average Bonchev–Trinajstić information content (AvgIpc) is 3.27. The summed E-state index contributed by atoms with van der Waals surface area (Å²) >= 11 is 0. The number of hydrogen-bond acceptors (Lipinski definition) is 3. The highest BCUT2D eigenvalue weighted by atomic mass is 19.4. The molecule has 1 spiro atoms. The molecule has 2 amide bonds. The van der Waals surface area contributed by atoms with Crippen molar-refractivity contribution < 1.29 is 31.5 Å². The SMILES string of the molecule is NC(=O)C(c1cc(F)cc(F)c1)N1C(=O)C(c2ccc(C(F)(F)F)cc2)=NC12CCCC2. The zero-order valence-electron chi connectivity index (χ0n) is 16.6. The average molecular weight is 451 g/mol. The summed E-state index contributed by atoms with van der Waals surface area (Å²) in [5.74, 6) is -3.62. The molecule has 1 fully saturated rings. The van der Waals surface area contributed by atoms with E-state index >= 15 is 0 Å². The summed E-state index contributed by atoms with van der Waals surface area (Å²) in [6.45, 7) is 0. The topological polar surface area (TPSA) is 75.8 Å². The molecule has 1 aliphatic heterocycles. The van der Waals surface area contributed by atoms with Gasteiger partial charge in [-0.3, -0.25) is 19.5 Å². The first kappa shape index (κ1) is 21.9. The van der Waals surface area contributed by atoms with Gasteiger partial charge in [-0.25, -0.2) is 8.78 Å². The van der Waals surface area contributed by atoms with E-state index < -0.39 is 46.9 Å². The third-order valence-corrected chi connectivity index (χ3v) is 5.81. The molecule has 1 heterocycles. The van der Waals surface area contributed by atoms with Crippen LogP contribution in [0.1, 0.15) is 48.4 Å². The molecule has 168 valence electrons. The van der Waals surface area contributed by atoms with E-state index in [0.717, 1.165) is 41.3 Å². The van der Waals surface area contributed by atoms with Crippen molar-refractivity contribution in [3.63, 3.8) is 0 Å². The summed E-state index contributed by atoms with van der Waals surface area (Å²) in [6, 6.07) is 4.91. The number of primary amides is 1. The highest BCUT2D eigenvalue weighted by molar-refractivity contribution is 6.47. The van der Waals surface area contributed by atoms with E-state index in [1.807, 2.05) is 0 Å². The van der Waals surface area contributed by atoms with Crippen LogP contribution >= 0.6 is 0 Å². The molecular formula is C22H18F5N3O2. The number of alkyl halides is 3. The molecule has 1 saturated carbocycles. The number of carbonyl (C=O) groups is 2. The van der Waals surface area contributed by atoms with E-state index in [9.17, 15) is 31.5 Å². The molecule has 2 aromatic carbocycles. The molecule has 0 saturated heterocycles. The van der Waals surface area contributed by atoms with Gasteiger partial charge >= 0.3 is 6.18 Å². The molecule has 0 aromatic heterocycles. The van der Waals surface area contributed by atoms with Crippen LogP contribution < -0.4 is 5.73 Å². The van der Waals surface area contributed by atoms with Crippen LogP contribution in [0.15, 0.2) is 47.5 Å². The molecule has 10 heteroatoms. The Morgan fingerprint density at radius 1 is 1.03 bits per heavy atom. The molecule has 1 unspecified atom stereocenters. The summed E-state index contributed by atoms with van der Waals surface area (Å²) in [6.07, 6.45) is -2.43. The van der Waals surface area contributed by atoms with Gasteiger partial charge in [0.15, 0.2) is 0 Å². The van der Waals surface area contributed by atoms with E-state index in [2.05, 4.69) is 4.99 Å². The predicted molar refractivity (Wildman–Crippen MR) is 104 cm³/mol. The van der Waals surface area contributed by atoms with Crippen LogP contribution in [-0.4, -0.2) is 28.1 Å². The van der Waals surface area contributed by atoms with Gasteiger partial charge < -0.3 is 5.73 Å². The number of rotatable bonds is 4. The van der Waals surface area contributed by atoms with Crippen LogP contribution in [-0.2, 0) is 15.8 Å². The maximum Gasteiger partial charge on any atom is 0.416 e. The quantitative estimate of drug-likeness (QED) is 0.711. The van der Waals surface area contributed by atoms with E-state index in [0.29, 0.717) is 31.7 Å². The Labute approximate surface area is 179 Å². The standard InChI is InChI=1S/C22H18F5N3O2/c23-15-9-13(10-16(24)11-15)18(19(28)31)30-20(32)17(29-21(30)7-1-2-8-21)12-3-5-14(6-4-12)22(25,26)27/h3-6,9-11,18H,1-2,7-8H2,(H2,28,31). The maximum absolute atomic E-state index is 13.9. The molecule has 1 atom stereocenters. The van der Waals surface area contributed by atoms with Crippen molar-refractivity contribution in [3.8, 4) is 0 Å². The minimum absolute atomic E-state index is 0.122. The number of carbonyl (C=O) groups excluding carboxylic acids is 2. The third kappa shape index (κ3) is 3.74. The number of amides is 2. The molecule has 0 bridgehead atoms. The maximum atomic E-state index is 13.9. The van der Waals surface area contributed by atoms with Crippen molar-refractivity contribution in [2.75, 3.05) is 0 Å². The fourth-order valence-electron chi connectivity index (χ4n) is 4.44. The Kier molecular flexibility index (Phi) is 5.26. The van der Waals surface area contributed by atoms with E-state index in [4.69, 9.17) is 5.73 Å². The minimum Gasteiger partial charge on any atom is -0.368 e. The Bertz CT molecular complexity index is 1090. The van der Waals surface area contributed by atoms with Gasteiger partial charge in [-0.1, -0.05) is 12.1 Å². The number of nitrogens with zero attached hydrogens (tertiary/aromatic N) is 2. The molecule has 4 rings (SSSR count). The van der Waals surface area contributed by atoms with E-state index in [1.54, 1.807) is 0 Å². The van der Waals surface area contributed by atoms with Crippen LogP contribution in [0.3, 0.4) is 0 Å². The Balaban J connectivity index is 1.79. The zero-order chi connectivity index (χ0) is 23.3. The normalized spacial score (nSPS) is 18.8. The lowest BCUT2D eigenvalue weighted by Gasteiger charge is -2.37. The highest BCUT2D eigenvalue weighted by Crippen LogP contribution is 2.45. The van der Waals surface area contributed by atoms with Gasteiger partial charge in [0.1, 0.15) is 29.1 Å². The zero-order valence-corrected chi connectivity index (χ0v) is 16.6. The second-order valence-electron chi connectivity index (χ2n) is 7.91. The second-order valence-corrected chi connectivity index (χ2v) is 7.91.